The molecule has 0 saturated heterocycles. The van der Waals surface area contributed by atoms with Crippen LogP contribution in [0.4, 0.5) is 0 Å². The quantitative estimate of drug-likeness (QED) is 0.578. The molecule has 0 unspecified atom stereocenters. The van der Waals surface area contributed by atoms with Gasteiger partial charge in [-0.2, -0.15) is 5.26 Å². The van der Waals surface area contributed by atoms with Crippen LogP contribution in [0.2, 0.25) is 5.02 Å². The maximum absolute atomic E-state index is 12.4. The summed E-state index contributed by atoms with van der Waals surface area (Å²) < 4.78 is 0. The monoisotopic (exact) mass is 336 g/mol. The molecule has 0 heterocycles. The molecular formula is C20H17ClN2O. The van der Waals surface area contributed by atoms with E-state index in [1.54, 1.807) is 41.3 Å². The van der Waals surface area contributed by atoms with E-state index in [1.165, 1.54) is 6.08 Å². The zero-order valence-corrected chi connectivity index (χ0v) is 13.9. The molecule has 2 aromatic rings. The molecule has 24 heavy (non-hydrogen) atoms. The number of rotatable bonds is 6. The predicted octanol–water partition coefficient (Wildman–Crippen LogP) is 4.44. The number of nitrogens with zero attached hydrogens (tertiary/aromatic N) is 2. The first-order valence-electron chi connectivity index (χ1n) is 7.45. The van der Waals surface area contributed by atoms with Gasteiger partial charge in [0.25, 0.3) is 0 Å². The third-order valence-electron chi connectivity index (χ3n) is 3.41. The van der Waals surface area contributed by atoms with E-state index in [-0.39, 0.29) is 5.91 Å². The summed E-state index contributed by atoms with van der Waals surface area (Å²) in [7, 11) is 0. The highest BCUT2D eigenvalue weighted by molar-refractivity contribution is 6.30. The Bertz CT molecular complexity index is 771. The van der Waals surface area contributed by atoms with Crippen molar-refractivity contribution >= 4 is 23.6 Å². The van der Waals surface area contributed by atoms with E-state index in [9.17, 15) is 4.79 Å². The van der Waals surface area contributed by atoms with Gasteiger partial charge < -0.3 is 4.90 Å². The first-order valence-corrected chi connectivity index (χ1v) is 7.82. The van der Waals surface area contributed by atoms with Crippen molar-refractivity contribution in [2.45, 2.75) is 6.54 Å². The van der Waals surface area contributed by atoms with Gasteiger partial charge in [-0.05, 0) is 41.5 Å². The van der Waals surface area contributed by atoms with Crippen LogP contribution in [0.1, 0.15) is 16.7 Å². The highest BCUT2D eigenvalue weighted by atomic mass is 35.5. The van der Waals surface area contributed by atoms with E-state index < -0.39 is 0 Å². The van der Waals surface area contributed by atoms with Gasteiger partial charge in [-0.25, -0.2) is 0 Å². The van der Waals surface area contributed by atoms with E-state index in [1.807, 2.05) is 24.3 Å². The number of benzene rings is 2. The smallest absolute Gasteiger partial charge is 0.247 e. The molecule has 0 N–H and O–H groups in total. The summed E-state index contributed by atoms with van der Waals surface area (Å²) >= 11 is 5.85. The molecule has 2 rings (SSSR count). The molecule has 0 fully saturated rings. The van der Waals surface area contributed by atoms with E-state index >= 15 is 0 Å². The first-order chi connectivity index (χ1) is 11.6. The maximum Gasteiger partial charge on any atom is 0.247 e. The van der Waals surface area contributed by atoms with Crippen LogP contribution < -0.4 is 0 Å². The molecule has 0 spiro atoms. The van der Waals surface area contributed by atoms with E-state index in [4.69, 9.17) is 16.9 Å². The molecule has 0 bridgehead atoms. The van der Waals surface area contributed by atoms with E-state index in [0.29, 0.717) is 23.7 Å². The summed E-state index contributed by atoms with van der Waals surface area (Å²) in [6.45, 7) is 4.61. The molecule has 0 saturated carbocycles. The zero-order valence-electron chi connectivity index (χ0n) is 13.2. The molecule has 2 aromatic carbocycles. The summed E-state index contributed by atoms with van der Waals surface area (Å²) in [5, 5.41) is 9.49. The topological polar surface area (TPSA) is 44.1 Å². The van der Waals surface area contributed by atoms with Crippen molar-refractivity contribution < 1.29 is 4.79 Å². The highest BCUT2D eigenvalue weighted by Crippen LogP contribution is 2.12. The van der Waals surface area contributed by atoms with Crippen LogP contribution in [0.15, 0.2) is 67.3 Å². The van der Waals surface area contributed by atoms with Crippen LogP contribution in [-0.2, 0) is 11.3 Å². The lowest BCUT2D eigenvalue weighted by molar-refractivity contribution is -0.126. The number of amides is 1. The average Bonchev–Trinajstić information content (AvgIpc) is 2.61. The second kappa shape index (κ2) is 8.71. The Morgan fingerprint density at radius 3 is 2.42 bits per heavy atom. The molecule has 1 amide bonds. The van der Waals surface area contributed by atoms with Gasteiger partial charge in [0.05, 0.1) is 11.6 Å². The molecule has 0 aromatic heterocycles. The maximum atomic E-state index is 12.4. The van der Waals surface area contributed by atoms with Gasteiger partial charge in [0.15, 0.2) is 0 Å². The zero-order chi connectivity index (χ0) is 17.4. The third-order valence-corrected chi connectivity index (χ3v) is 3.66. The first kappa shape index (κ1) is 17.5. The average molecular weight is 337 g/mol. The Hall–Kier alpha value is -2.83. The fraction of sp³-hybridized carbons (Fsp3) is 0.100. The number of halogens is 1. The molecule has 0 aliphatic rings. The molecule has 120 valence electrons. The Kier molecular flexibility index (Phi) is 6.36. The van der Waals surface area contributed by atoms with Crippen LogP contribution in [0.25, 0.3) is 6.08 Å². The van der Waals surface area contributed by atoms with Crippen molar-refractivity contribution in [2.75, 3.05) is 6.54 Å². The fourth-order valence-corrected chi connectivity index (χ4v) is 2.27. The Labute approximate surface area is 147 Å². The van der Waals surface area contributed by atoms with Crippen molar-refractivity contribution in [1.82, 2.24) is 4.90 Å². The van der Waals surface area contributed by atoms with Crippen molar-refractivity contribution in [2.24, 2.45) is 0 Å². The largest absolute Gasteiger partial charge is 0.331 e. The molecule has 0 aliphatic heterocycles. The normalized spacial score (nSPS) is 10.3. The SMILES string of the molecule is C=CCN(Cc1ccc(C#N)cc1)C(=O)/C=C/c1ccc(Cl)cc1. The van der Waals surface area contributed by atoms with Crippen molar-refractivity contribution in [3.05, 3.63) is 89.0 Å². The third kappa shape index (κ3) is 5.12. The van der Waals surface area contributed by atoms with Gasteiger partial charge in [0.1, 0.15) is 0 Å². The Balaban J connectivity index is 2.07. The minimum absolute atomic E-state index is 0.103. The summed E-state index contributed by atoms with van der Waals surface area (Å²) in [6.07, 6.45) is 4.99. The lowest BCUT2D eigenvalue weighted by Gasteiger charge is -2.19. The van der Waals surface area contributed by atoms with Gasteiger partial charge in [0.2, 0.25) is 5.91 Å². The summed E-state index contributed by atoms with van der Waals surface area (Å²) in [4.78, 5) is 14.1. The number of hydrogen-bond donors (Lipinski definition) is 0. The number of hydrogen-bond acceptors (Lipinski definition) is 2. The minimum atomic E-state index is -0.103. The van der Waals surface area contributed by atoms with Gasteiger partial charge >= 0.3 is 0 Å². The molecule has 4 heteroatoms. The van der Waals surface area contributed by atoms with Crippen LogP contribution in [0.5, 0.6) is 0 Å². The van der Waals surface area contributed by atoms with Gasteiger partial charge in [0, 0.05) is 24.2 Å². The van der Waals surface area contributed by atoms with E-state index in [2.05, 4.69) is 12.6 Å². The number of carbonyl (C=O) groups excluding carboxylic acids is 1. The summed E-state index contributed by atoms with van der Waals surface area (Å²) in [6, 6.07) is 16.5. The standard InChI is InChI=1S/C20H17ClN2O/c1-2-13-23(15-18-5-3-17(14-22)4-6-18)20(24)12-9-16-7-10-19(21)11-8-16/h2-12H,1,13,15H2/b12-9+. The van der Waals surface area contributed by atoms with Crippen LogP contribution in [0.3, 0.4) is 0 Å². The van der Waals surface area contributed by atoms with Crippen molar-refractivity contribution in [3.8, 4) is 6.07 Å². The second-order valence-corrected chi connectivity index (χ2v) is 5.64. The summed E-state index contributed by atoms with van der Waals surface area (Å²) in [5.74, 6) is -0.103. The van der Waals surface area contributed by atoms with Crippen LogP contribution in [0, 0.1) is 11.3 Å². The molecule has 0 atom stereocenters. The number of nitriles is 1. The predicted molar refractivity (Wildman–Crippen MR) is 97.3 cm³/mol. The molecule has 0 aliphatic carbocycles. The fourth-order valence-electron chi connectivity index (χ4n) is 2.14. The van der Waals surface area contributed by atoms with Crippen LogP contribution >= 0.6 is 11.6 Å². The minimum Gasteiger partial charge on any atom is -0.331 e. The highest BCUT2D eigenvalue weighted by Gasteiger charge is 2.09. The molecule has 3 nitrogen and oxygen atoms in total. The lowest BCUT2D eigenvalue weighted by Crippen LogP contribution is -2.29. The van der Waals surface area contributed by atoms with Gasteiger partial charge in [-0.3, -0.25) is 4.79 Å². The van der Waals surface area contributed by atoms with Crippen molar-refractivity contribution in [3.63, 3.8) is 0 Å². The number of carbonyl (C=O) groups is 1. The van der Waals surface area contributed by atoms with Gasteiger partial charge in [-0.1, -0.05) is 41.9 Å². The summed E-state index contributed by atoms with van der Waals surface area (Å²) in [5.41, 5.74) is 2.47. The molecular weight excluding hydrogens is 320 g/mol. The molecule has 0 radical (unpaired) electrons. The van der Waals surface area contributed by atoms with E-state index in [0.717, 1.165) is 11.1 Å². The van der Waals surface area contributed by atoms with Gasteiger partial charge in [-0.15, -0.1) is 6.58 Å². The van der Waals surface area contributed by atoms with Crippen molar-refractivity contribution in [1.29, 1.82) is 5.26 Å². The Morgan fingerprint density at radius 2 is 1.83 bits per heavy atom. The Morgan fingerprint density at radius 1 is 1.17 bits per heavy atom. The van der Waals surface area contributed by atoms with Crippen LogP contribution in [-0.4, -0.2) is 17.4 Å². The lowest BCUT2D eigenvalue weighted by atomic mass is 10.1. The second-order valence-electron chi connectivity index (χ2n) is 5.20.